The molecule has 0 N–H and O–H groups in total. The number of halogens is 1. The zero-order chi connectivity index (χ0) is 15.7. The van der Waals surface area contributed by atoms with Gasteiger partial charge in [-0.15, -0.1) is 0 Å². The zero-order valence-corrected chi connectivity index (χ0v) is 13.3. The highest BCUT2D eigenvalue weighted by molar-refractivity contribution is 6.30. The van der Waals surface area contributed by atoms with Gasteiger partial charge >= 0.3 is 0 Å². The summed E-state index contributed by atoms with van der Waals surface area (Å²) in [6, 6.07) is 17.1. The monoisotopic (exact) mass is 312 g/mol. The molecule has 0 aliphatic heterocycles. The van der Waals surface area contributed by atoms with E-state index in [4.69, 9.17) is 11.6 Å². The summed E-state index contributed by atoms with van der Waals surface area (Å²) in [6.45, 7) is 2.06. The summed E-state index contributed by atoms with van der Waals surface area (Å²) in [4.78, 5) is 13.0. The lowest BCUT2D eigenvalue weighted by Crippen LogP contribution is -2.20. The SMILES string of the molecule is CCc1c(-c2ccccc2)c(=O)n(-c2cccc(Cl)c2)n1C. The summed E-state index contributed by atoms with van der Waals surface area (Å²) in [5, 5.41) is 0.616. The van der Waals surface area contributed by atoms with Gasteiger partial charge in [-0.3, -0.25) is 9.48 Å². The lowest BCUT2D eigenvalue weighted by molar-refractivity contribution is 0.618. The number of hydrogen-bond donors (Lipinski definition) is 0. The molecule has 0 saturated carbocycles. The van der Waals surface area contributed by atoms with Gasteiger partial charge in [-0.05, 0) is 30.2 Å². The number of hydrogen-bond acceptors (Lipinski definition) is 1. The van der Waals surface area contributed by atoms with E-state index in [9.17, 15) is 4.79 Å². The summed E-state index contributed by atoms with van der Waals surface area (Å²) >= 11 is 6.07. The van der Waals surface area contributed by atoms with Gasteiger partial charge in [0.05, 0.1) is 11.3 Å². The van der Waals surface area contributed by atoms with Gasteiger partial charge < -0.3 is 0 Å². The van der Waals surface area contributed by atoms with Crippen molar-refractivity contribution in [1.29, 1.82) is 0 Å². The van der Waals surface area contributed by atoms with Crippen molar-refractivity contribution in [2.75, 3.05) is 0 Å². The Balaban J connectivity index is 2.31. The summed E-state index contributed by atoms with van der Waals surface area (Å²) in [5.74, 6) is 0. The van der Waals surface area contributed by atoms with E-state index in [-0.39, 0.29) is 5.56 Å². The van der Waals surface area contributed by atoms with Crippen LogP contribution in [-0.2, 0) is 13.5 Å². The lowest BCUT2D eigenvalue weighted by Gasteiger charge is -2.09. The van der Waals surface area contributed by atoms with Crippen LogP contribution in [0.15, 0.2) is 59.4 Å². The molecule has 0 atom stereocenters. The number of benzene rings is 2. The van der Waals surface area contributed by atoms with E-state index in [0.717, 1.165) is 28.9 Å². The highest BCUT2D eigenvalue weighted by Crippen LogP contribution is 2.23. The predicted molar refractivity (Wildman–Crippen MR) is 90.8 cm³/mol. The minimum Gasteiger partial charge on any atom is -0.284 e. The van der Waals surface area contributed by atoms with E-state index in [1.807, 2.05) is 54.2 Å². The fourth-order valence-corrected chi connectivity index (χ4v) is 3.03. The first-order valence-corrected chi connectivity index (χ1v) is 7.63. The normalized spacial score (nSPS) is 10.9. The third-order valence-electron chi connectivity index (χ3n) is 3.84. The Morgan fingerprint density at radius 1 is 1.05 bits per heavy atom. The maximum atomic E-state index is 13.0. The molecule has 0 unspecified atom stereocenters. The first-order chi connectivity index (χ1) is 10.6. The molecular formula is C18H17ClN2O. The van der Waals surface area contributed by atoms with Crippen molar-refractivity contribution in [1.82, 2.24) is 9.36 Å². The molecule has 0 aliphatic carbocycles. The molecule has 2 aromatic carbocycles. The van der Waals surface area contributed by atoms with Crippen LogP contribution >= 0.6 is 11.6 Å². The Kier molecular flexibility index (Phi) is 3.90. The van der Waals surface area contributed by atoms with Gasteiger partial charge in [0.25, 0.3) is 5.56 Å². The molecule has 3 aromatic rings. The first kappa shape index (κ1) is 14.7. The summed E-state index contributed by atoms with van der Waals surface area (Å²) in [5.41, 5.74) is 3.46. The van der Waals surface area contributed by atoms with Gasteiger partial charge in [0.1, 0.15) is 0 Å². The highest BCUT2D eigenvalue weighted by atomic mass is 35.5. The van der Waals surface area contributed by atoms with Crippen LogP contribution in [0.1, 0.15) is 12.6 Å². The fraction of sp³-hybridized carbons (Fsp3) is 0.167. The summed E-state index contributed by atoms with van der Waals surface area (Å²) < 4.78 is 3.59. The molecule has 0 aliphatic rings. The van der Waals surface area contributed by atoms with Gasteiger partial charge in [0.15, 0.2) is 0 Å². The molecule has 1 heterocycles. The second kappa shape index (κ2) is 5.85. The largest absolute Gasteiger partial charge is 0.284 e. The summed E-state index contributed by atoms with van der Waals surface area (Å²) in [7, 11) is 1.91. The van der Waals surface area contributed by atoms with Crippen molar-refractivity contribution < 1.29 is 0 Å². The quantitative estimate of drug-likeness (QED) is 0.716. The topological polar surface area (TPSA) is 26.9 Å². The van der Waals surface area contributed by atoms with E-state index in [2.05, 4.69) is 6.92 Å². The van der Waals surface area contributed by atoms with Gasteiger partial charge in [0, 0.05) is 17.8 Å². The van der Waals surface area contributed by atoms with E-state index in [1.165, 1.54) is 0 Å². The molecule has 0 radical (unpaired) electrons. The predicted octanol–water partition coefficient (Wildman–Crippen LogP) is 4.06. The van der Waals surface area contributed by atoms with Crippen LogP contribution in [0.5, 0.6) is 0 Å². The molecule has 112 valence electrons. The van der Waals surface area contributed by atoms with Gasteiger partial charge in [0.2, 0.25) is 0 Å². The molecule has 4 heteroatoms. The van der Waals surface area contributed by atoms with Crippen LogP contribution in [0.4, 0.5) is 0 Å². The molecular weight excluding hydrogens is 296 g/mol. The molecule has 3 rings (SSSR count). The Hall–Kier alpha value is -2.26. The molecule has 22 heavy (non-hydrogen) atoms. The first-order valence-electron chi connectivity index (χ1n) is 7.25. The Morgan fingerprint density at radius 2 is 1.77 bits per heavy atom. The Labute approximate surface area is 134 Å². The maximum Gasteiger partial charge on any atom is 0.279 e. The van der Waals surface area contributed by atoms with Crippen molar-refractivity contribution >= 4 is 11.6 Å². The van der Waals surface area contributed by atoms with Gasteiger partial charge in [-0.1, -0.05) is 54.9 Å². The zero-order valence-electron chi connectivity index (χ0n) is 12.6. The maximum absolute atomic E-state index is 13.0. The second-order valence-corrected chi connectivity index (χ2v) is 5.60. The number of rotatable bonds is 3. The molecule has 0 saturated heterocycles. The van der Waals surface area contributed by atoms with Gasteiger partial charge in [-0.2, -0.15) is 0 Å². The van der Waals surface area contributed by atoms with Crippen LogP contribution in [0.2, 0.25) is 5.02 Å². The third kappa shape index (κ3) is 2.38. The van der Waals surface area contributed by atoms with E-state index in [0.29, 0.717) is 5.02 Å². The standard InChI is InChI=1S/C18H17ClN2O/c1-3-16-17(13-8-5-4-6-9-13)18(22)21(20(16)2)15-11-7-10-14(19)12-15/h4-12H,3H2,1-2H3. The van der Waals surface area contributed by atoms with Crippen molar-refractivity contribution in [3.63, 3.8) is 0 Å². The van der Waals surface area contributed by atoms with Crippen molar-refractivity contribution in [2.24, 2.45) is 7.05 Å². The summed E-state index contributed by atoms with van der Waals surface area (Å²) in [6.07, 6.45) is 0.781. The molecule has 3 nitrogen and oxygen atoms in total. The van der Waals surface area contributed by atoms with Crippen LogP contribution in [0.25, 0.3) is 16.8 Å². The van der Waals surface area contributed by atoms with Crippen LogP contribution in [0, 0.1) is 0 Å². The fourth-order valence-electron chi connectivity index (χ4n) is 2.85. The van der Waals surface area contributed by atoms with E-state index < -0.39 is 0 Å². The van der Waals surface area contributed by atoms with Crippen LogP contribution < -0.4 is 5.56 Å². The molecule has 0 fully saturated rings. The number of aromatic nitrogens is 2. The molecule has 0 bridgehead atoms. The van der Waals surface area contributed by atoms with Crippen LogP contribution in [-0.4, -0.2) is 9.36 Å². The number of nitrogens with zero attached hydrogens (tertiary/aromatic N) is 2. The second-order valence-electron chi connectivity index (χ2n) is 5.16. The average Bonchev–Trinajstić information content (AvgIpc) is 2.78. The average molecular weight is 313 g/mol. The highest BCUT2D eigenvalue weighted by Gasteiger charge is 2.19. The Bertz CT molecular complexity index is 863. The minimum atomic E-state index is -0.0205. The third-order valence-corrected chi connectivity index (χ3v) is 4.07. The van der Waals surface area contributed by atoms with Crippen molar-refractivity contribution in [2.45, 2.75) is 13.3 Å². The minimum absolute atomic E-state index is 0.0205. The van der Waals surface area contributed by atoms with Crippen molar-refractivity contribution in [3.05, 3.63) is 75.7 Å². The molecule has 0 spiro atoms. The smallest absolute Gasteiger partial charge is 0.279 e. The van der Waals surface area contributed by atoms with Crippen LogP contribution in [0.3, 0.4) is 0 Å². The van der Waals surface area contributed by atoms with E-state index >= 15 is 0 Å². The van der Waals surface area contributed by atoms with E-state index in [1.54, 1.807) is 16.8 Å². The van der Waals surface area contributed by atoms with Gasteiger partial charge in [-0.25, -0.2) is 4.68 Å². The Morgan fingerprint density at radius 3 is 2.41 bits per heavy atom. The lowest BCUT2D eigenvalue weighted by atomic mass is 10.1. The van der Waals surface area contributed by atoms with Crippen molar-refractivity contribution in [3.8, 4) is 16.8 Å². The molecule has 1 aromatic heterocycles. The molecule has 0 amide bonds.